The second-order valence-corrected chi connectivity index (χ2v) is 10.4. The molecule has 5 rings (SSSR count). The third kappa shape index (κ3) is 4.97. The molecule has 2 saturated heterocycles. The van der Waals surface area contributed by atoms with Crippen LogP contribution in [0.15, 0.2) is 34.1 Å². The number of aliphatic imine (C=N–C) groups is 1. The highest BCUT2D eigenvalue weighted by molar-refractivity contribution is 5.91. The summed E-state index contributed by atoms with van der Waals surface area (Å²) < 4.78 is 1.36. The lowest BCUT2D eigenvalue weighted by atomic mass is 9.86. The zero-order valence-corrected chi connectivity index (χ0v) is 20.9. The highest BCUT2D eigenvalue weighted by atomic mass is 16.2. The first kappa shape index (κ1) is 23.6. The molecule has 1 spiro atoms. The zero-order chi connectivity index (χ0) is 24.4. The smallest absolute Gasteiger partial charge is 0.290 e. The maximum absolute atomic E-state index is 13.4. The first-order valence-electron chi connectivity index (χ1n) is 13.0. The minimum absolute atomic E-state index is 0.118. The van der Waals surface area contributed by atoms with Gasteiger partial charge in [-0.3, -0.25) is 14.6 Å². The van der Waals surface area contributed by atoms with Crippen molar-refractivity contribution in [2.45, 2.75) is 65.3 Å². The number of carbonyl (C=O) groups is 1. The van der Waals surface area contributed by atoms with Gasteiger partial charge in [0, 0.05) is 44.1 Å². The highest BCUT2D eigenvalue weighted by Gasteiger charge is 2.41. The Morgan fingerprint density at radius 3 is 2.60 bits per heavy atom. The number of nitrogens with one attached hydrogen (secondary N) is 1. The van der Waals surface area contributed by atoms with E-state index in [0.29, 0.717) is 16.8 Å². The molecule has 0 atom stereocenters. The zero-order valence-electron chi connectivity index (χ0n) is 20.9. The van der Waals surface area contributed by atoms with Gasteiger partial charge in [-0.2, -0.15) is 5.10 Å². The molecule has 8 nitrogen and oxygen atoms in total. The van der Waals surface area contributed by atoms with Crippen LogP contribution < -0.4 is 20.7 Å². The van der Waals surface area contributed by atoms with Crippen molar-refractivity contribution >= 4 is 35.0 Å². The number of nitrogens with zero attached hydrogens (tertiary/aromatic N) is 5. The molecule has 1 amide bonds. The number of benzene rings is 1. The summed E-state index contributed by atoms with van der Waals surface area (Å²) in [5.41, 5.74) is 3.38. The van der Waals surface area contributed by atoms with Crippen LogP contribution in [0, 0.1) is 12.3 Å². The summed E-state index contributed by atoms with van der Waals surface area (Å²) in [5.74, 6) is 0.547. The quantitative estimate of drug-likeness (QED) is 0.629. The predicted molar refractivity (Wildman–Crippen MR) is 141 cm³/mol. The first-order chi connectivity index (χ1) is 17.0. The fraction of sp³-hybridized carbons (Fsp3) is 0.556. The minimum atomic E-state index is -0.270. The monoisotopic (exact) mass is 476 g/mol. The number of hydrogen-bond donors (Lipinski definition) is 1. The molecule has 3 heterocycles. The van der Waals surface area contributed by atoms with Crippen molar-refractivity contribution in [1.29, 1.82) is 0 Å². The van der Waals surface area contributed by atoms with Crippen molar-refractivity contribution in [3.8, 4) is 0 Å². The van der Waals surface area contributed by atoms with E-state index in [0.717, 1.165) is 56.1 Å². The molecular formula is C27H36N6O2. The number of aromatic nitrogens is 2. The van der Waals surface area contributed by atoms with Crippen molar-refractivity contribution in [2.24, 2.45) is 10.4 Å². The van der Waals surface area contributed by atoms with E-state index in [1.807, 2.05) is 38.1 Å². The van der Waals surface area contributed by atoms with Crippen molar-refractivity contribution in [2.75, 3.05) is 41.3 Å². The van der Waals surface area contributed by atoms with Gasteiger partial charge in [0.05, 0.1) is 5.69 Å². The van der Waals surface area contributed by atoms with Crippen LogP contribution in [0.4, 0.5) is 22.9 Å². The Morgan fingerprint density at radius 1 is 1.09 bits per heavy atom. The molecule has 1 N–H and O–H groups in total. The normalized spacial score (nSPS) is 19.4. The molecular weight excluding hydrogens is 440 g/mol. The van der Waals surface area contributed by atoms with Gasteiger partial charge in [-0.15, -0.1) is 0 Å². The molecule has 186 valence electrons. The summed E-state index contributed by atoms with van der Waals surface area (Å²) in [4.78, 5) is 35.2. The van der Waals surface area contributed by atoms with Gasteiger partial charge in [0.2, 0.25) is 5.91 Å². The minimum Gasteiger partial charge on any atom is -0.367 e. The van der Waals surface area contributed by atoms with E-state index in [1.165, 1.54) is 36.8 Å². The first-order valence-corrected chi connectivity index (χ1v) is 13.0. The van der Waals surface area contributed by atoms with Gasteiger partial charge >= 0.3 is 0 Å². The molecule has 1 aromatic heterocycles. The van der Waals surface area contributed by atoms with Crippen LogP contribution in [-0.2, 0) is 11.3 Å². The number of anilines is 3. The Labute approximate surface area is 207 Å². The molecule has 0 bridgehead atoms. The molecule has 35 heavy (non-hydrogen) atoms. The van der Waals surface area contributed by atoms with Crippen molar-refractivity contribution < 1.29 is 4.79 Å². The van der Waals surface area contributed by atoms with E-state index < -0.39 is 0 Å². The fourth-order valence-electron chi connectivity index (χ4n) is 5.93. The van der Waals surface area contributed by atoms with Crippen LogP contribution in [0.25, 0.3) is 0 Å². The summed E-state index contributed by atoms with van der Waals surface area (Å²) in [6.45, 7) is 7.43. The SMILES string of the molecule is C/C=N\c1cc(NC(=O)Cn2nc(N3CCC4(CCCC4)C3)cc(N3CCCC3)c2=O)ccc1C. The van der Waals surface area contributed by atoms with E-state index in [4.69, 9.17) is 5.10 Å². The Kier molecular flexibility index (Phi) is 6.62. The third-order valence-corrected chi connectivity index (χ3v) is 7.87. The molecule has 0 radical (unpaired) electrons. The number of hydrogen-bond acceptors (Lipinski definition) is 6. The predicted octanol–water partition coefficient (Wildman–Crippen LogP) is 4.28. The lowest BCUT2D eigenvalue weighted by molar-refractivity contribution is -0.117. The molecule has 3 aliphatic rings. The molecule has 0 unspecified atom stereocenters. The molecule has 8 heteroatoms. The highest BCUT2D eigenvalue weighted by Crippen LogP contribution is 2.46. The van der Waals surface area contributed by atoms with Crippen molar-refractivity contribution in [3.05, 3.63) is 40.2 Å². The summed E-state index contributed by atoms with van der Waals surface area (Å²) in [7, 11) is 0. The van der Waals surface area contributed by atoms with Crippen molar-refractivity contribution in [1.82, 2.24) is 9.78 Å². The second-order valence-electron chi connectivity index (χ2n) is 10.4. The van der Waals surface area contributed by atoms with Gasteiger partial charge in [-0.25, -0.2) is 4.68 Å². The molecule has 2 aromatic rings. The standard InChI is InChI=1S/C27H36N6O2/c1-3-28-22-16-21(9-8-20(22)2)29-25(34)18-33-26(35)23(31-13-6-7-14-31)17-24(30-33)32-15-12-27(19-32)10-4-5-11-27/h3,8-9,16-17H,4-7,10-15,18-19H2,1-2H3,(H,29,34)/b28-3-. The number of amides is 1. The molecule has 1 aliphatic carbocycles. The maximum atomic E-state index is 13.4. The van der Waals surface area contributed by atoms with Gasteiger partial charge in [-0.05, 0) is 69.1 Å². The molecule has 3 fully saturated rings. The Bertz CT molecular complexity index is 1170. The average molecular weight is 477 g/mol. The van der Waals surface area contributed by atoms with Crippen LogP contribution in [0.5, 0.6) is 0 Å². The Balaban J connectivity index is 1.40. The Morgan fingerprint density at radius 2 is 1.86 bits per heavy atom. The lowest BCUT2D eigenvalue weighted by Gasteiger charge is -2.26. The van der Waals surface area contributed by atoms with Crippen LogP contribution in [0.2, 0.25) is 0 Å². The number of carbonyl (C=O) groups excluding carboxylic acids is 1. The van der Waals surface area contributed by atoms with E-state index in [2.05, 4.69) is 20.1 Å². The van der Waals surface area contributed by atoms with E-state index in [-0.39, 0.29) is 18.0 Å². The average Bonchev–Trinajstić information content (AvgIpc) is 3.61. The lowest BCUT2D eigenvalue weighted by Crippen LogP contribution is -2.36. The van der Waals surface area contributed by atoms with E-state index in [9.17, 15) is 9.59 Å². The molecule has 1 aromatic carbocycles. The van der Waals surface area contributed by atoms with E-state index >= 15 is 0 Å². The summed E-state index contributed by atoms with van der Waals surface area (Å²) in [5, 5.41) is 7.62. The largest absolute Gasteiger partial charge is 0.367 e. The summed E-state index contributed by atoms with van der Waals surface area (Å²) >= 11 is 0. The fourth-order valence-corrected chi connectivity index (χ4v) is 5.93. The summed E-state index contributed by atoms with van der Waals surface area (Å²) in [6, 6.07) is 7.60. The van der Waals surface area contributed by atoms with E-state index in [1.54, 1.807) is 6.21 Å². The summed E-state index contributed by atoms with van der Waals surface area (Å²) in [6.07, 6.45) is 10.3. The Hall–Kier alpha value is -3.16. The van der Waals surface area contributed by atoms with Gasteiger partial charge in [-0.1, -0.05) is 18.9 Å². The van der Waals surface area contributed by atoms with Gasteiger partial charge < -0.3 is 15.1 Å². The van der Waals surface area contributed by atoms with Gasteiger partial charge in [0.1, 0.15) is 12.2 Å². The van der Waals surface area contributed by atoms with Crippen LogP contribution in [-0.4, -0.2) is 48.1 Å². The topological polar surface area (TPSA) is 82.8 Å². The second kappa shape index (κ2) is 9.84. The van der Waals surface area contributed by atoms with Gasteiger partial charge in [0.25, 0.3) is 5.56 Å². The maximum Gasteiger partial charge on any atom is 0.290 e. The van der Waals surface area contributed by atoms with Crippen LogP contribution >= 0.6 is 0 Å². The molecule has 2 aliphatic heterocycles. The van der Waals surface area contributed by atoms with Crippen molar-refractivity contribution in [3.63, 3.8) is 0 Å². The number of aryl methyl sites for hydroxylation is 1. The third-order valence-electron chi connectivity index (χ3n) is 7.87. The number of rotatable bonds is 6. The van der Waals surface area contributed by atoms with Crippen LogP contribution in [0.3, 0.4) is 0 Å². The van der Waals surface area contributed by atoms with Crippen LogP contribution in [0.1, 0.15) is 57.4 Å². The molecule has 1 saturated carbocycles. The van der Waals surface area contributed by atoms with Gasteiger partial charge in [0.15, 0.2) is 5.82 Å².